The molecule has 1 atom stereocenters. The van der Waals surface area contributed by atoms with Crippen molar-refractivity contribution in [3.63, 3.8) is 0 Å². The second kappa shape index (κ2) is 7.55. The summed E-state index contributed by atoms with van der Waals surface area (Å²) in [5, 5.41) is 3.29. The Hall–Kier alpha value is -1.80. The van der Waals surface area contributed by atoms with Crippen molar-refractivity contribution in [3.8, 4) is 0 Å². The molecule has 0 aliphatic carbocycles. The molecule has 0 bridgehead atoms. The molecule has 0 saturated carbocycles. The number of piperidine rings is 1. The number of halogens is 3. The van der Waals surface area contributed by atoms with Crippen LogP contribution in [0.25, 0.3) is 0 Å². The number of carbonyl (C=O) groups is 1. The largest absolute Gasteiger partial charge is 0.461 e. The Kier molecular flexibility index (Phi) is 5.26. The lowest BCUT2D eigenvalue weighted by molar-refractivity contribution is -0.150. The van der Waals surface area contributed by atoms with Gasteiger partial charge in [-0.3, -0.25) is 9.69 Å². The van der Waals surface area contributed by atoms with Crippen LogP contribution < -0.4 is 10.2 Å². The summed E-state index contributed by atoms with van der Waals surface area (Å²) in [6.07, 6.45) is -1.95. The molecule has 1 unspecified atom stereocenters. The minimum atomic E-state index is -4.32. The van der Waals surface area contributed by atoms with Gasteiger partial charge < -0.3 is 15.0 Å². The molecule has 0 aromatic heterocycles. The predicted octanol–water partition coefficient (Wildman–Crippen LogP) is 2.51. The molecule has 1 spiro atoms. The van der Waals surface area contributed by atoms with Gasteiger partial charge in [0.2, 0.25) is 0 Å². The van der Waals surface area contributed by atoms with Gasteiger partial charge in [0.15, 0.2) is 0 Å². The fraction of sp³-hybridized carbons (Fsp3) is 0.650. The summed E-state index contributed by atoms with van der Waals surface area (Å²) in [6, 6.07) is 5.51. The topological polar surface area (TPSA) is 44.8 Å². The van der Waals surface area contributed by atoms with Gasteiger partial charge in [-0.15, -0.1) is 0 Å². The Balaban J connectivity index is 1.31. The van der Waals surface area contributed by atoms with E-state index in [0.717, 1.165) is 51.5 Å². The van der Waals surface area contributed by atoms with Gasteiger partial charge >= 0.3 is 12.1 Å². The Bertz CT molecular complexity index is 711. The smallest absolute Gasteiger partial charge is 0.416 e. The number of hydrogen-bond acceptors (Lipinski definition) is 5. The van der Waals surface area contributed by atoms with E-state index < -0.39 is 11.7 Å². The predicted molar refractivity (Wildman–Crippen MR) is 99.1 cm³/mol. The molecular formula is C20H26F3N3O2. The van der Waals surface area contributed by atoms with Crippen LogP contribution in [0.15, 0.2) is 24.3 Å². The minimum Gasteiger partial charge on any atom is -0.461 e. The third kappa shape index (κ3) is 3.98. The summed E-state index contributed by atoms with van der Waals surface area (Å²) in [6.45, 7) is 5.25. The van der Waals surface area contributed by atoms with Gasteiger partial charge in [-0.25, -0.2) is 0 Å². The summed E-state index contributed by atoms with van der Waals surface area (Å²) in [5.41, 5.74) is -0.316. The number of hydrogen-bond donors (Lipinski definition) is 1. The quantitative estimate of drug-likeness (QED) is 0.795. The average Bonchev–Trinajstić information content (AvgIpc) is 2.97. The SMILES string of the molecule is O=C1OC(CN2CCN(c3cccc(C(F)(F)F)c3)CC2)CC12CCNCC2. The van der Waals surface area contributed by atoms with E-state index in [0.29, 0.717) is 25.3 Å². The number of ether oxygens (including phenoxy) is 1. The molecule has 3 saturated heterocycles. The number of nitrogens with zero attached hydrogens (tertiary/aromatic N) is 2. The second-order valence-corrected chi connectivity index (χ2v) is 8.10. The molecule has 0 radical (unpaired) electrons. The maximum Gasteiger partial charge on any atom is 0.416 e. The zero-order chi connectivity index (χ0) is 19.8. The Morgan fingerprint density at radius 2 is 1.86 bits per heavy atom. The number of piperazine rings is 1. The van der Waals surface area contributed by atoms with E-state index in [1.807, 2.05) is 4.90 Å². The summed E-state index contributed by atoms with van der Waals surface area (Å²) in [5.74, 6) is -0.0541. The molecule has 4 rings (SSSR count). The molecule has 1 aromatic rings. The zero-order valence-corrected chi connectivity index (χ0v) is 15.8. The van der Waals surface area contributed by atoms with E-state index in [1.54, 1.807) is 6.07 Å². The number of anilines is 1. The normalized spacial score (nSPS) is 25.9. The zero-order valence-electron chi connectivity index (χ0n) is 15.8. The van der Waals surface area contributed by atoms with E-state index in [2.05, 4.69) is 10.2 Å². The van der Waals surface area contributed by atoms with Crippen molar-refractivity contribution in [3.05, 3.63) is 29.8 Å². The van der Waals surface area contributed by atoms with Crippen LogP contribution in [-0.4, -0.2) is 62.8 Å². The number of nitrogens with one attached hydrogen (secondary N) is 1. The van der Waals surface area contributed by atoms with Gasteiger partial charge in [0.25, 0.3) is 0 Å². The van der Waals surface area contributed by atoms with E-state index in [-0.39, 0.29) is 17.5 Å². The van der Waals surface area contributed by atoms with E-state index in [1.165, 1.54) is 12.1 Å². The summed E-state index contributed by atoms with van der Waals surface area (Å²) >= 11 is 0. The Morgan fingerprint density at radius 1 is 1.14 bits per heavy atom. The van der Waals surface area contributed by atoms with Gasteiger partial charge in [-0.1, -0.05) is 6.07 Å². The number of carbonyl (C=O) groups excluding carboxylic acids is 1. The first kappa shape index (κ1) is 19.5. The van der Waals surface area contributed by atoms with Gasteiger partial charge in [0.05, 0.1) is 11.0 Å². The summed E-state index contributed by atoms with van der Waals surface area (Å²) in [7, 11) is 0. The number of esters is 1. The van der Waals surface area contributed by atoms with Crippen molar-refractivity contribution in [2.75, 3.05) is 50.7 Å². The van der Waals surface area contributed by atoms with Gasteiger partial charge in [0.1, 0.15) is 6.10 Å². The molecule has 1 aromatic carbocycles. The molecule has 0 amide bonds. The van der Waals surface area contributed by atoms with Crippen LogP contribution in [0.2, 0.25) is 0 Å². The van der Waals surface area contributed by atoms with Crippen LogP contribution in [0.1, 0.15) is 24.8 Å². The molecule has 5 nitrogen and oxygen atoms in total. The molecule has 3 fully saturated rings. The first-order valence-electron chi connectivity index (χ1n) is 9.92. The van der Waals surface area contributed by atoms with Crippen molar-refractivity contribution < 1.29 is 22.7 Å². The van der Waals surface area contributed by atoms with E-state index in [4.69, 9.17) is 4.74 Å². The van der Waals surface area contributed by atoms with Gasteiger partial charge in [-0.05, 0) is 44.1 Å². The van der Waals surface area contributed by atoms with Gasteiger partial charge in [0, 0.05) is 44.8 Å². The minimum absolute atomic E-state index is 0.0541. The van der Waals surface area contributed by atoms with E-state index >= 15 is 0 Å². The molecule has 3 aliphatic rings. The number of cyclic esters (lactones) is 1. The number of alkyl halides is 3. The molecular weight excluding hydrogens is 371 g/mol. The van der Waals surface area contributed by atoms with Crippen LogP contribution in [0.3, 0.4) is 0 Å². The van der Waals surface area contributed by atoms with Crippen LogP contribution in [-0.2, 0) is 15.7 Å². The highest BCUT2D eigenvalue weighted by Gasteiger charge is 2.49. The monoisotopic (exact) mass is 397 g/mol. The highest BCUT2D eigenvalue weighted by atomic mass is 19.4. The summed E-state index contributed by atoms with van der Waals surface area (Å²) < 4.78 is 44.5. The second-order valence-electron chi connectivity index (χ2n) is 8.10. The third-order valence-electron chi connectivity index (χ3n) is 6.26. The standard InChI is InChI=1S/C20H26F3N3O2/c21-20(22,23)15-2-1-3-16(12-15)26-10-8-25(9-11-26)14-17-13-19(18(27)28-17)4-6-24-7-5-19/h1-3,12,17,24H,4-11,13-14H2. The molecule has 3 heterocycles. The lowest BCUT2D eigenvalue weighted by Gasteiger charge is -2.37. The van der Waals surface area contributed by atoms with Crippen LogP contribution in [0.4, 0.5) is 18.9 Å². The first-order chi connectivity index (χ1) is 13.4. The average molecular weight is 397 g/mol. The van der Waals surface area contributed by atoms with Crippen LogP contribution >= 0.6 is 0 Å². The van der Waals surface area contributed by atoms with Crippen molar-refractivity contribution >= 4 is 11.7 Å². The fourth-order valence-corrected chi connectivity index (χ4v) is 4.61. The van der Waals surface area contributed by atoms with Gasteiger partial charge in [-0.2, -0.15) is 13.2 Å². The van der Waals surface area contributed by atoms with Crippen molar-refractivity contribution in [2.45, 2.75) is 31.5 Å². The third-order valence-corrected chi connectivity index (χ3v) is 6.26. The van der Waals surface area contributed by atoms with Crippen LogP contribution in [0, 0.1) is 5.41 Å². The number of benzene rings is 1. The lowest BCUT2D eigenvalue weighted by Crippen LogP contribution is -2.48. The fourth-order valence-electron chi connectivity index (χ4n) is 4.61. The molecule has 28 heavy (non-hydrogen) atoms. The lowest BCUT2D eigenvalue weighted by atomic mass is 9.76. The maximum absolute atomic E-state index is 12.9. The molecule has 1 N–H and O–H groups in total. The van der Waals surface area contributed by atoms with Crippen molar-refractivity contribution in [1.82, 2.24) is 10.2 Å². The molecule has 8 heteroatoms. The first-order valence-corrected chi connectivity index (χ1v) is 9.92. The van der Waals surface area contributed by atoms with Crippen molar-refractivity contribution in [1.29, 1.82) is 0 Å². The molecule has 3 aliphatic heterocycles. The maximum atomic E-state index is 12.9. The Morgan fingerprint density at radius 3 is 2.54 bits per heavy atom. The van der Waals surface area contributed by atoms with E-state index in [9.17, 15) is 18.0 Å². The van der Waals surface area contributed by atoms with Crippen LogP contribution in [0.5, 0.6) is 0 Å². The number of rotatable bonds is 3. The van der Waals surface area contributed by atoms with Crippen molar-refractivity contribution in [2.24, 2.45) is 5.41 Å². The highest BCUT2D eigenvalue weighted by molar-refractivity contribution is 5.79. The highest BCUT2D eigenvalue weighted by Crippen LogP contribution is 2.41. The molecule has 154 valence electrons. The Labute approximate surface area is 162 Å². The summed E-state index contributed by atoms with van der Waals surface area (Å²) in [4.78, 5) is 16.6.